The van der Waals surface area contributed by atoms with Gasteiger partial charge >= 0.3 is 0 Å². The first kappa shape index (κ1) is 25.7. The monoisotopic (exact) mass is 515 g/mol. The summed E-state index contributed by atoms with van der Waals surface area (Å²) in [5, 5.41) is 0. The van der Waals surface area contributed by atoms with E-state index in [2.05, 4.69) is 0 Å². The van der Waals surface area contributed by atoms with E-state index in [4.69, 9.17) is 28.4 Å². The molecule has 5 aliphatic rings. The largest absolute Gasteiger partial charge is 0.363 e. The molecule has 2 spiro atoms. The number of nitrogens with zero attached hydrogens (tertiary/aromatic N) is 1. The molecule has 0 unspecified atom stereocenters. The van der Waals surface area contributed by atoms with Gasteiger partial charge in [-0.25, -0.2) is 0 Å². The van der Waals surface area contributed by atoms with Crippen molar-refractivity contribution >= 4 is 11.6 Å². The summed E-state index contributed by atoms with van der Waals surface area (Å²) in [5.74, 6) is -1.21. The smallest absolute Gasteiger partial charge is 0.253 e. The van der Waals surface area contributed by atoms with Crippen molar-refractivity contribution in [1.29, 1.82) is 0 Å². The number of amides is 1. The van der Waals surface area contributed by atoms with Gasteiger partial charge in [0, 0.05) is 37.4 Å². The van der Waals surface area contributed by atoms with Crippen molar-refractivity contribution < 1.29 is 33.2 Å². The van der Waals surface area contributed by atoms with E-state index in [9.17, 15) is 4.79 Å². The second-order valence-electron chi connectivity index (χ2n) is 11.5. The number of hydrogen-bond acceptors (Lipinski definition) is 7. The van der Waals surface area contributed by atoms with E-state index in [1.54, 1.807) is 4.90 Å². The average molecular weight is 516 g/mol. The summed E-state index contributed by atoms with van der Waals surface area (Å²) in [4.78, 5) is 15.2. The number of anilines is 1. The van der Waals surface area contributed by atoms with Crippen LogP contribution < -0.4 is 4.90 Å². The van der Waals surface area contributed by atoms with E-state index in [1.165, 1.54) is 12.8 Å². The molecular formula is C29H41NO7. The number of ether oxygens (including phenoxy) is 6. The van der Waals surface area contributed by atoms with Crippen molar-refractivity contribution in [1.82, 2.24) is 0 Å². The Kier molecular flexibility index (Phi) is 7.33. The molecule has 8 heteroatoms. The molecule has 5 atom stereocenters. The Hall–Kier alpha value is -1.55. The van der Waals surface area contributed by atoms with Crippen LogP contribution in [0.3, 0.4) is 0 Å². The lowest BCUT2D eigenvalue weighted by molar-refractivity contribution is -0.262. The van der Waals surface area contributed by atoms with Gasteiger partial charge in [-0.1, -0.05) is 31.0 Å². The predicted octanol–water partition coefficient (Wildman–Crippen LogP) is 4.69. The number of rotatable bonds is 6. The molecule has 5 fully saturated rings. The third-order valence-electron chi connectivity index (χ3n) is 8.58. The lowest BCUT2D eigenvalue weighted by Gasteiger charge is -2.36. The number of carbonyl (C=O) groups excluding carboxylic acids is 1. The number of para-hydroxylation sites is 1. The van der Waals surface area contributed by atoms with Crippen molar-refractivity contribution in [2.24, 2.45) is 0 Å². The highest BCUT2D eigenvalue weighted by Gasteiger charge is 2.61. The summed E-state index contributed by atoms with van der Waals surface area (Å²) in [6.45, 7) is 4.40. The number of hydrogen-bond donors (Lipinski definition) is 0. The van der Waals surface area contributed by atoms with E-state index in [-0.39, 0.29) is 24.7 Å². The molecule has 204 valence electrons. The van der Waals surface area contributed by atoms with E-state index < -0.39 is 36.2 Å². The minimum Gasteiger partial charge on any atom is -0.363 e. The maximum atomic E-state index is 13.4. The number of fused-ring (bicyclic) bond motifs is 1. The Morgan fingerprint density at radius 3 is 2.27 bits per heavy atom. The van der Waals surface area contributed by atoms with Crippen LogP contribution in [0.2, 0.25) is 0 Å². The van der Waals surface area contributed by atoms with Crippen LogP contribution in [0.5, 0.6) is 0 Å². The standard InChI is InChI=1S/C29H41NO7/c1-20(2)30(21-12-6-3-7-13-21)23(31)19-32-25-24(22-18-33-28(35-22)14-8-4-9-15-28)34-27-26(25)36-29(37-27)16-10-5-11-17-29/h3,6-7,12-13,20,22,24-27H,4-5,8-11,14-19H2,1-2H3/t22-,24-,25+,26+,27-/m0/s1. The van der Waals surface area contributed by atoms with Crippen LogP contribution >= 0.6 is 0 Å². The highest BCUT2D eigenvalue weighted by molar-refractivity contribution is 5.94. The van der Waals surface area contributed by atoms with E-state index in [1.807, 2.05) is 44.2 Å². The van der Waals surface area contributed by atoms with Gasteiger partial charge in [-0.2, -0.15) is 0 Å². The summed E-state index contributed by atoms with van der Waals surface area (Å²) in [5.41, 5.74) is 0.858. The van der Waals surface area contributed by atoms with Gasteiger partial charge < -0.3 is 33.3 Å². The topological polar surface area (TPSA) is 75.7 Å². The fraction of sp³-hybridized carbons (Fsp3) is 0.759. The van der Waals surface area contributed by atoms with Gasteiger partial charge in [-0.05, 0) is 51.7 Å². The molecule has 1 amide bonds. The van der Waals surface area contributed by atoms with Gasteiger partial charge in [0.1, 0.15) is 31.0 Å². The molecule has 2 aliphatic carbocycles. The third kappa shape index (κ3) is 5.09. The van der Waals surface area contributed by atoms with Gasteiger partial charge in [-0.3, -0.25) is 4.79 Å². The second kappa shape index (κ2) is 10.5. The molecule has 0 radical (unpaired) electrons. The van der Waals surface area contributed by atoms with E-state index in [0.29, 0.717) is 6.61 Å². The number of carbonyl (C=O) groups is 1. The number of benzene rings is 1. The summed E-state index contributed by atoms with van der Waals surface area (Å²) in [6.07, 6.45) is 8.22. The van der Waals surface area contributed by atoms with Crippen molar-refractivity contribution in [2.45, 2.75) is 126 Å². The zero-order valence-corrected chi connectivity index (χ0v) is 22.1. The molecule has 0 aromatic heterocycles. The Bertz CT molecular complexity index is 927. The molecule has 3 saturated heterocycles. The molecule has 2 saturated carbocycles. The predicted molar refractivity (Wildman–Crippen MR) is 136 cm³/mol. The fourth-order valence-electron chi connectivity index (χ4n) is 6.82. The van der Waals surface area contributed by atoms with Crippen LogP contribution in [0.25, 0.3) is 0 Å². The average Bonchev–Trinajstić information content (AvgIpc) is 3.55. The van der Waals surface area contributed by atoms with Gasteiger partial charge in [0.15, 0.2) is 17.9 Å². The molecular weight excluding hydrogens is 474 g/mol. The summed E-state index contributed by atoms with van der Waals surface area (Å²) < 4.78 is 38.6. The zero-order chi connectivity index (χ0) is 25.5. The lowest BCUT2D eigenvalue weighted by atomic mass is 9.94. The first-order chi connectivity index (χ1) is 18.0. The minimum absolute atomic E-state index is 0.00355. The zero-order valence-electron chi connectivity index (χ0n) is 22.1. The third-order valence-corrected chi connectivity index (χ3v) is 8.58. The summed E-state index contributed by atoms with van der Waals surface area (Å²) in [7, 11) is 0. The summed E-state index contributed by atoms with van der Waals surface area (Å²) >= 11 is 0. The molecule has 0 bridgehead atoms. The quantitative estimate of drug-likeness (QED) is 0.544. The van der Waals surface area contributed by atoms with Crippen LogP contribution in [0.15, 0.2) is 30.3 Å². The van der Waals surface area contributed by atoms with E-state index >= 15 is 0 Å². The molecule has 8 nitrogen and oxygen atoms in total. The van der Waals surface area contributed by atoms with Crippen LogP contribution in [0.4, 0.5) is 5.69 Å². The van der Waals surface area contributed by atoms with Crippen molar-refractivity contribution in [3.63, 3.8) is 0 Å². The highest BCUT2D eigenvalue weighted by atomic mass is 16.9. The molecule has 1 aromatic carbocycles. The molecule has 1 aromatic rings. The molecule has 0 N–H and O–H groups in total. The van der Waals surface area contributed by atoms with Gasteiger partial charge in [0.05, 0.1) is 6.61 Å². The Morgan fingerprint density at radius 1 is 0.919 bits per heavy atom. The first-order valence-corrected chi connectivity index (χ1v) is 14.3. The molecule has 37 heavy (non-hydrogen) atoms. The van der Waals surface area contributed by atoms with Gasteiger partial charge in [0.25, 0.3) is 5.91 Å². The summed E-state index contributed by atoms with van der Waals surface area (Å²) in [6, 6.07) is 9.72. The minimum atomic E-state index is -0.601. The second-order valence-corrected chi connectivity index (χ2v) is 11.5. The Labute approximate surface area is 219 Å². The van der Waals surface area contributed by atoms with E-state index in [0.717, 1.165) is 57.1 Å². The van der Waals surface area contributed by atoms with Gasteiger partial charge in [-0.15, -0.1) is 0 Å². The lowest BCUT2D eigenvalue weighted by Crippen LogP contribution is -2.47. The van der Waals surface area contributed by atoms with Crippen LogP contribution in [-0.4, -0.2) is 67.4 Å². The van der Waals surface area contributed by atoms with Crippen LogP contribution in [-0.2, 0) is 33.2 Å². The molecule has 3 aliphatic heterocycles. The SMILES string of the molecule is CC(C)N(C(=O)CO[C@@H]1[C@H]([C@@H]2COC3(CCCCC3)O2)O[C@H]2OC3(CCCCC3)O[C@@H]21)c1ccccc1. The first-order valence-electron chi connectivity index (χ1n) is 14.3. The normalized spacial score (nSPS) is 34.3. The van der Waals surface area contributed by atoms with Crippen molar-refractivity contribution in [2.75, 3.05) is 18.1 Å². The highest BCUT2D eigenvalue weighted by Crippen LogP contribution is 2.48. The Balaban J connectivity index is 1.19. The molecule has 3 heterocycles. The van der Waals surface area contributed by atoms with Crippen LogP contribution in [0.1, 0.15) is 78.1 Å². The van der Waals surface area contributed by atoms with Crippen molar-refractivity contribution in [3.05, 3.63) is 30.3 Å². The maximum Gasteiger partial charge on any atom is 0.253 e. The van der Waals surface area contributed by atoms with Gasteiger partial charge in [0.2, 0.25) is 0 Å². The fourth-order valence-corrected chi connectivity index (χ4v) is 6.82. The van der Waals surface area contributed by atoms with Crippen molar-refractivity contribution in [3.8, 4) is 0 Å². The maximum absolute atomic E-state index is 13.4. The Morgan fingerprint density at radius 2 is 1.59 bits per heavy atom. The van der Waals surface area contributed by atoms with Crippen LogP contribution in [0, 0.1) is 0 Å². The molecule has 6 rings (SSSR count).